The third kappa shape index (κ3) is 3.56. The Morgan fingerprint density at radius 3 is 2.77 bits per heavy atom. The third-order valence-electron chi connectivity index (χ3n) is 2.24. The highest BCUT2D eigenvalue weighted by atomic mass is 32.2. The number of thioether (sulfide) groups is 1. The molecule has 1 heterocycles. The van der Waals surface area contributed by atoms with Crippen molar-refractivity contribution in [3.05, 3.63) is 0 Å². The van der Waals surface area contributed by atoms with Crippen LogP contribution in [-0.2, 0) is 4.79 Å². The molecule has 1 aliphatic heterocycles. The lowest BCUT2D eigenvalue weighted by molar-refractivity contribution is -0.131. The molecular formula is C9H18N2OS. The number of nitrogens with two attached hydrogens (primary N) is 1. The zero-order valence-electron chi connectivity index (χ0n) is 8.16. The predicted octanol–water partition coefficient (Wildman–Crippen LogP) is 0.547. The van der Waals surface area contributed by atoms with Gasteiger partial charge in [0.25, 0.3) is 0 Å². The molecule has 0 radical (unpaired) electrons. The van der Waals surface area contributed by atoms with E-state index in [0.717, 1.165) is 18.8 Å². The molecule has 0 saturated carbocycles. The molecule has 3 nitrogen and oxygen atoms in total. The number of amides is 1. The lowest BCUT2D eigenvalue weighted by Crippen LogP contribution is -2.43. The van der Waals surface area contributed by atoms with Crippen LogP contribution in [0, 0.1) is 5.92 Å². The van der Waals surface area contributed by atoms with Crippen LogP contribution < -0.4 is 5.73 Å². The summed E-state index contributed by atoms with van der Waals surface area (Å²) in [5.41, 5.74) is 5.48. The standard InChI is InChI=1S/C9H18N2OS/c1-8(5-10)6-13-7-9(12)11-3-2-4-11/h8H,2-7,10H2,1H3. The average Bonchev–Trinajstić information content (AvgIpc) is 2.01. The summed E-state index contributed by atoms with van der Waals surface area (Å²) >= 11 is 1.70. The van der Waals surface area contributed by atoms with Crippen LogP contribution in [0.3, 0.4) is 0 Å². The van der Waals surface area contributed by atoms with Crippen molar-refractivity contribution in [1.82, 2.24) is 4.90 Å². The maximum Gasteiger partial charge on any atom is 0.232 e. The average molecular weight is 202 g/mol. The molecule has 1 aliphatic rings. The van der Waals surface area contributed by atoms with Gasteiger partial charge in [0.2, 0.25) is 5.91 Å². The fourth-order valence-corrected chi connectivity index (χ4v) is 2.09. The summed E-state index contributed by atoms with van der Waals surface area (Å²) in [6, 6.07) is 0. The molecule has 1 atom stereocenters. The summed E-state index contributed by atoms with van der Waals surface area (Å²) in [7, 11) is 0. The number of carbonyl (C=O) groups is 1. The van der Waals surface area contributed by atoms with Crippen molar-refractivity contribution >= 4 is 17.7 Å². The van der Waals surface area contributed by atoms with Crippen LogP contribution in [-0.4, -0.2) is 41.9 Å². The van der Waals surface area contributed by atoms with Gasteiger partial charge in [0.1, 0.15) is 0 Å². The van der Waals surface area contributed by atoms with Gasteiger partial charge in [-0.3, -0.25) is 4.79 Å². The molecule has 76 valence electrons. The molecule has 0 bridgehead atoms. The summed E-state index contributed by atoms with van der Waals surface area (Å²) < 4.78 is 0. The maximum absolute atomic E-state index is 11.4. The monoisotopic (exact) mass is 202 g/mol. The fourth-order valence-electron chi connectivity index (χ4n) is 1.07. The van der Waals surface area contributed by atoms with E-state index in [9.17, 15) is 4.79 Å². The Labute approximate surface area is 84.0 Å². The van der Waals surface area contributed by atoms with Crippen LogP contribution >= 0.6 is 11.8 Å². The van der Waals surface area contributed by atoms with E-state index in [0.29, 0.717) is 24.1 Å². The Balaban J connectivity index is 2.01. The Morgan fingerprint density at radius 2 is 2.31 bits per heavy atom. The summed E-state index contributed by atoms with van der Waals surface area (Å²) in [6.07, 6.45) is 1.18. The van der Waals surface area contributed by atoms with Gasteiger partial charge in [-0.05, 0) is 24.6 Å². The van der Waals surface area contributed by atoms with Crippen LogP contribution in [0.1, 0.15) is 13.3 Å². The largest absolute Gasteiger partial charge is 0.342 e. The first-order chi connectivity index (χ1) is 6.24. The Kier molecular flexibility index (Phi) is 4.59. The molecule has 0 aliphatic carbocycles. The smallest absolute Gasteiger partial charge is 0.232 e. The van der Waals surface area contributed by atoms with E-state index in [2.05, 4.69) is 6.92 Å². The molecule has 1 unspecified atom stereocenters. The van der Waals surface area contributed by atoms with E-state index in [1.54, 1.807) is 11.8 Å². The van der Waals surface area contributed by atoms with Gasteiger partial charge in [-0.1, -0.05) is 6.92 Å². The van der Waals surface area contributed by atoms with Crippen molar-refractivity contribution in [2.75, 3.05) is 31.1 Å². The van der Waals surface area contributed by atoms with Crippen molar-refractivity contribution < 1.29 is 4.79 Å². The van der Waals surface area contributed by atoms with Crippen molar-refractivity contribution in [3.63, 3.8) is 0 Å². The van der Waals surface area contributed by atoms with Crippen molar-refractivity contribution in [3.8, 4) is 0 Å². The molecule has 13 heavy (non-hydrogen) atoms. The molecule has 1 rings (SSSR count). The Bertz CT molecular complexity index is 171. The van der Waals surface area contributed by atoms with Gasteiger partial charge < -0.3 is 10.6 Å². The Hall–Kier alpha value is -0.220. The van der Waals surface area contributed by atoms with E-state index in [1.807, 2.05) is 4.90 Å². The van der Waals surface area contributed by atoms with Crippen LogP contribution in [0.4, 0.5) is 0 Å². The molecule has 0 aromatic carbocycles. The molecular weight excluding hydrogens is 184 g/mol. The van der Waals surface area contributed by atoms with Gasteiger partial charge in [0, 0.05) is 13.1 Å². The molecule has 1 fully saturated rings. The highest BCUT2D eigenvalue weighted by Gasteiger charge is 2.19. The number of rotatable bonds is 5. The van der Waals surface area contributed by atoms with Gasteiger partial charge in [-0.15, -0.1) is 0 Å². The topological polar surface area (TPSA) is 46.3 Å². The Morgan fingerprint density at radius 1 is 1.62 bits per heavy atom. The number of carbonyl (C=O) groups excluding carboxylic acids is 1. The second-order valence-electron chi connectivity index (χ2n) is 3.59. The summed E-state index contributed by atoms with van der Waals surface area (Å²) in [5, 5.41) is 0. The molecule has 2 N–H and O–H groups in total. The fraction of sp³-hybridized carbons (Fsp3) is 0.889. The van der Waals surface area contributed by atoms with Gasteiger partial charge in [-0.2, -0.15) is 11.8 Å². The minimum absolute atomic E-state index is 0.292. The number of nitrogens with zero attached hydrogens (tertiary/aromatic N) is 1. The first-order valence-corrected chi connectivity index (χ1v) is 5.95. The second kappa shape index (κ2) is 5.50. The van der Waals surface area contributed by atoms with Crippen LogP contribution in [0.25, 0.3) is 0 Å². The summed E-state index contributed by atoms with van der Waals surface area (Å²) in [5.74, 6) is 2.44. The highest BCUT2D eigenvalue weighted by Crippen LogP contribution is 2.12. The zero-order valence-corrected chi connectivity index (χ0v) is 8.98. The molecule has 0 aromatic heterocycles. The second-order valence-corrected chi connectivity index (χ2v) is 4.62. The summed E-state index contributed by atoms with van der Waals surface area (Å²) in [6.45, 7) is 4.75. The highest BCUT2D eigenvalue weighted by molar-refractivity contribution is 7.99. The summed E-state index contributed by atoms with van der Waals surface area (Å²) in [4.78, 5) is 13.3. The normalized spacial score (nSPS) is 18.2. The zero-order chi connectivity index (χ0) is 9.68. The number of hydrogen-bond acceptors (Lipinski definition) is 3. The van der Waals surface area contributed by atoms with Crippen molar-refractivity contribution in [1.29, 1.82) is 0 Å². The van der Waals surface area contributed by atoms with Gasteiger partial charge in [-0.25, -0.2) is 0 Å². The SMILES string of the molecule is CC(CN)CSCC(=O)N1CCC1. The van der Waals surface area contributed by atoms with Crippen molar-refractivity contribution in [2.24, 2.45) is 11.7 Å². The maximum atomic E-state index is 11.4. The lowest BCUT2D eigenvalue weighted by atomic mass is 10.2. The van der Waals surface area contributed by atoms with E-state index in [4.69, 9.17) is 5.73 Å². The van der Waals surface area contributed by atoms with Crippen molar-refractivity contribution in [2.45, 2.75) is 13.3 Å². The molecule has 1 amide bonds. The molecule has 4 heteroatoms. The van der Waals surface area contributed by atoms with Gasteiger partial charge >= 0.3 is 0 Å². The van der Waals surface area contributed by atoms with E-state index >= 15 is 0 Å². The van der Waals surface area contributed by atoms with Crippen LogP contribution in [0.2, 0.25) is 0 Å². The number of hydrogen-bond donors (Lipinski definition) is 1. The van der Waals surface area contributed by atoms with E-state index < -0.39 is 0 Å². The van der Waals surface area contributed by atoms with E-state index in [1.165, 1.54) is 6.42 Å². The van der Waals surface area contributed by atoms with Gasteiger partial charge in [0.15, 0.2) is 0 Å². The first kappa shape index (κ1) is 10.9. The quantitative estimate of drug-likeness (QED) is 0.708. The van der Waals surface area contributed by atoms with Crippen LogP contribution in [0.15, 0.2) is 0 Å². The minimum Gasteiger partial charge on any atom is -0.342 e. The van der Waals surface area contributed by atoms with Gasteiger partial charge in [0.05, 0.1) is 5.75 Å². The predicted molar refractivity (Wildman–Crippen MR) is 56.7 cm³/mol. The molecule has 0 aromatic rings. The molecule has 1 saturated heterocycles. The third-order valence-corrected chi connectivity index (χ3v) is 3.49. The van der Waals surface area contributed by atoms with Crippen LogP contribution in [0.5, 0.6) is 0 Å². The molecule has 0 spiro atoms. The first-order valence-electron chi connectivity index (χ1n) is 4.79. The lowest BCUT2D eigenvalue weighted by Gasteiger charge is -2.30. The minimum atomic E-state index is 0.292. The van der Waals surface area contributed by atoms with E-state index in [-0.39, 0.29) is 0 Å². The number of likely N-dealkylation sites (tertiary alicyclic amines) is 1.